The lowest BCUT2D eigenvalue weighted by molar-refractivity contribution is -0.205. The first-order valence-corrected chi connectivity index (χ1v) is 13.6. The van der Waals surface area contributed by atoms with E-state index in [0.717, 1.165) is 32.1 Å². The highest BCUT2D eigenvalue weighted by Crippen LogP contribution is 2.58. The Hall–Kier alpha value is -1.28. The van der Waals surface area contributed by atoms with Crippen molar-refractivity contribution in [2.75, 3.05) is 6.61 Å². The molecule has 10 unspecified atom stereocenters. The number of aliphatic hydroxyl groups excluding tert-OH is 1. The minimum absolute atomic E-state index is 0.0112. The third-order valence-corrected chi connectivity index (χ3v) is 9.34. The molecule has 2 bridgehead atoms. The number of hydrogen-bond donors (Lipinski definition) is 2. The number of ether oxygens (including phenoxy) is 3. The molecule has 1 aliphatic carbocycles. The predicted molar refractivity (Wildman–Crippen MR) is 131 cm³/mol. The molecule has 4 fully saturated rings. The Morgan fingerprint density at radius 1 is 1.20 bits per heavy atom. The highest BCUT2D eigenvalue weighted by molar-refractivity contribution is 5.88. The first kappa shape index (κ1) is 26.8. The van der Waals surface area contributed by atoms with Gasteiger partial charge in [-0.15, -0.1) is 0 Å². The molecule has 0 radical (unpaired) electrons. The van der Waals surface area contributed by atoms with Gasteiger partial charge in [0.15, 0.2) is 5.78 Å². The zero-order valence-corrected chi connectivity index (χ0v) is 21.8. The molecule has 10 atom stereocenters. The summed E-state index contributed by atoms with van der Waals surface area (Å²) in [6, 6.07) is 0. The molecule has 0 aromatic rings. The fraction of sp³-hybridized carbons (Fsp3) is 0.857. The van der Waals surface area contributed by atoms with Crippen molar-refractivity contribution in [1.82, 2.24) is 0 Å². The monoisotopic (exact) mass is 492 g/mol. The normalized spacial score (nSPS) is 45.3. The van der Waals surface area contributed by atoms with Gasteiger partial charge in [-0.25, -0.2) is 0 Å². The first-order valence-electron chi connectivity index (χ1n) is 13.6. The van der Waals surface area contributed by atoms with E-state index in [0.29, 0.717) is 25.0 Å². The largest absolute Gasteiger partial charge is 0.459 e. The smallest absolute Gasteiger partial charge is 0.306 e. The number of unbranched alkanes of at least 4 members (excludes halogenated alkanes) is 4. The third-order valence-electron chi connectivity index (χ3n) is 9.34. The number of fused-ring (bicyclic) bond motifs is 2. The van der Waals surface area contributed by atoms with E-state index in [1.54, 1.807) is 6.92 Å². The standard InChI is InChI=1S/C28H44O7/c1-6-7-8-9-10-11-23(31)35-22-14-19(29)16(2)12-20-25-24-18(13-21(30)27(25,4)32)17(3)15-33-28(22,5)26(24)34-20/h17-20,22,24-26,29,32H,2,6-15H2,1,3-5H3. The molecule has 3 heterocycles. The molecule has 7 nitrogen and oxygen atoms in total. The molecule has 4 aliphatic rings. The molecular formula is C28H44O7. The van der Waals surface area contributed by atoms with Gasteiger partial charge in [0.05, 0.1) is 24.9 Å². The van der Waals surface area contributed by atoms with Crippen LogP contribution >= 0.6 is 0 Å². The summed E-state index contributed by atoms with van der Waals surface area (Å²) in [5.74, 6) is -0.912. The van der Waals surface area contributed by atoms with Crippen molar-refractivity contribution >= 4 is 11.8 Å². The minimum Gasteiger partial charge on any atom is -0.459 e. The van der Waals surface area contributed by atoms with Gasteiger partial charge in [-0.1, -0.05) is 46.1 Å². The fourth-order valence-electron chi connectivity index (χ4n) is 7.09. The quantitative estimate of drug-likeness (QED) is 0.317. The number of ketones is 1. The molecule has 3 aliphatic heterocycles. The lowest BCUT2D eigenvalue weighted by Gasteiger charge is -2.47. The molecule has 3 saturated heterocycles. The van der Waals surface area contributed by atoms with E-state index < -0.39 is 41.5 Å². The van der Waals surface area contributed by atoms with Gasteiger partial charge >= 0.3 is 5.97 Å². The van der Waals surface area contributed by atoms with Crippen LogP contribution in [0.4, 0.5) is 0 Å². The van der Waals surface area contributed by atoms with Crippen LogP contribution in [0.15, 0.2) is 12.2 Å². The summed E-state index contributed by atoms with van der Waals surface area (Å²) in [7, 11) is 0. The van der Waals surface area contributed by atoms with Crippen molar-refractivity contribution in [3.8, 4) is 0 Å². The van der Waals surface area contributed by atoms with Crippen LogP contribution in [0.3, 0.4) is 0 Å². The first-order chi connectivity index (χ1) is 16.5. The van der Waals surface area contributed by atoms with Gasteiger partial charge in [0.1, 0.15) is 17.3 Å². The summed E-state index contributed by atoms with van der Waals surface area (Å²) in [4.78, 5) is 26.0. The van der Waals surface area contributed by atoms with Crippen LogP contribution in [-0.4, -0.2) is 64.2 Å². The molecule has 35 heavy (non-hydrogen) atoms. The van der Waals surface area contributed by atoms with Crippen LogP contribution in [0, 0.1) is 23.7 Å². The molecule has 0 aromatic heterocycles. The lowest BCUT2D eigenvalue weighted by atomic mass is 9.57. The lowest BCUT2D eigenvalue weighted by Crippen LogP contribution is -2.60. The van der Waals surface area contributed by atoms with Crippen LogP contribution in [0.2, 0.25) is 0 Å². The van der Waals surface area contributed by atoms with E-state index in [1.807, 2.05) is 6.92 Å². The average Bonchev–Trinajstić information content (AvgIpc) is 3.16. The van der Waals surface area contributed by atoms with Gasteiger partial charge in [-0.3, -0.25) is 9.59 Å². The Bertz CT molecular complexity index is 822. The summed E-state index contributed by atoms with van der Waals surface area (Å²) >= 11 is 0. The van der Waals surface area contributed by atoms with E-state index in [2.05, 4.69) is 20.4 Å². The van der Waals surface area contributed by atoms with Crippen molar-refractivity contribution in [3.05, 3.63) is 12.2 Å². The van der Waals surface area contributed by atoms with E-state index in [4.69, 9.17) is 14.2 Å². The van der Waals surface area contributed by atoms with Gasteiger partial charge in [0.2, 0.25) is 0 Å². The maximum Gasteiger partial charge on any atom is 0.306 e. The second-order valence-electron chi connectivity index (χ2n) is 11.9. The maximum absolute atomic E-state index is 13.0. The van der Waals surface area contributed by atoms with Gasteiger partial charge in [-0.2, -0.15) is 0 Å². The fourth-order valence-corrected chi connectivity index (χ4v) is 7.09. The minimum atomic E-state index is -1.53. The van der Waals surface area contributed by atoms with Crippen LogP contribution in [0.5, 0.6) is 0 Å². The molecule has 4 rings (SSSR count). The molecule has 7 heteroatoms. The van der Waals surface area contributed by atoms with Gasteiger partial charge in [0, 0.05) is 31.1 Å². The molecule has 0 aromatic carbocycles. The molecule has 2 N–H and O–H groups in total. The van der Waals surface area contributed by atoms with Gasteiger partial charge < -0.3 is 24.4 Å². The highest BCUT2D eigenvalue weighted by atomic mass is 16.6. The second kappa shape index (κ2) is 10.2. The molecule has 0 amide bonds. The zero-order chi connectivity index (χ0) is 25.5. The number of hydrogen-bond acceptors (Lipinski definition) is 7. The summed E-state index contributed by atoms with van der Waals surface area (Å²) in [5, 5.41) is 22.4. The Labute approximate surface area is 209 Å². The number of aliphatic hydroxyl groups is 2. The summed E-state index contributed by atoms with van der Waals surface area (Å²) in [6.07, 6.45) is 3.75. The van der Waals surface area contributed by atoms with Crippen molar-refractivity contribution < 1.29 is 34.0 Å². The average molecular weight is 493 g/mol. The molecule has 1 saturated carbocycles. The number of rotatable bonds is 7. The van der Waals surface area contributed by atoms with Crippen LogP contribution < -0.4 is 0 Å². The Morgan fingerprint density at radius 2 is 1.91 bits per heavy atom. The van der Waals surface area contributed by atoms with Crippen molar-refractivity contribution in [1.29, 1.82) is 0 Å². The highest BCUT2D eigenvalue weighted by Gasteiger charge is 2.68. The Balaban J connectivity index is 1.65. The Kier molecular flexibility index (Phi) is 7.83. The number of carbonyl (C=O) groups is 2. The van der Waals surface area contributed by atoms with E-state index in [1.165, 1.54) is 0 Å². The molecule has 198 valence electrons. The van der Waals surface area contributed by atoms with E-state index in [9.17, 15) is 19.8 Å². The topological polar surface area (TPSA) is 102 Å². The van der Waals surface area contributed by atoms with Crippen LogP contribution in [0.25, 0.3) is 0 Å². The zero-order valence-electron chi connectivity index (χ0n) is 21.8. The predicted octanol–water partition coefficient (Wildman–Crippen LogP) is 3.73. The van der Waals surface area contributed by atoms with Crippen LogP contribution in [0.1, 0.15) is 85.5 Å². The Morgan fingerprint density at radius 3 is 2.63 bits per heavy atom. The summed E-state index contributed by atoms with van der Waals surface area (Å²) in [5.41, 5.74) is -1.97. The van der Waals surface area contributed by atoms with Crippen LogP contribution in [-0.2, 0) is 23.8 Å². The van der Waals surface area contributed by atoms with Gasteiger partial charge in [-0.05, 0) is 44.1 Å². The SMILES string of the molecule is C=C1CC2OC3C4C(CC(=O)C(C)(O)C24)C(C)COC3(C)C(OC(=O)CCCCCCC)CC1O. The van der Waals surface area contributed by atoms with E-state index in [-0.39, 0.29) is 42.3 Å². The third kappa shape index (κ3) is 4.86. The summed E-state index contributed by atoms with van der Waals surface area (Å²) in [6.45, 7) is 12.2. The second-order valence-corrected chi connectivity index (χ2v) is 11.9. The van der Waals surface area contributed by atoms with Gasteiger partial charge in [0.25, 0.3) is 0 Å². The van der Waals surface area contributed by atoms with Crippen molar-refractivity contribution in [3.63, 3.8) is 0 Å². The van der Waals surface area contributed by atoms with E-state index >= 15 is 0 Å². The summed E-state index contributed by atoms with van der Waals surface area (Å²) < 4.78 is 19.2. The number of esters is 1. The van der Waals surface area contributed by atoms with Crippen molar-refractivity contribution in [2.24, 2.45) is 23.7 Å². The number of carbonyl (C=O) groups excluding carboxylic acids is 2. The molecular weight excluding hydrogens is 448 g/mol. The van der Waals surface area contributed by atoms with Crippen molar-refractivity contribution in [2.45, 2.75) is 121 Å². The number of Topliss-reactive ketones (excluding diaryl/α,β-unsaturated/α-hetero) is 1. The molecule has 0 spiro atoms. The maximum atomic E-state index is 13.0.